The Morgan fingerprint density at radius 1 is 1.21 bits per heavy atom. The van der Waals surface area contributed by atoms with Crippen molar-refractivity contribution in [2.45, 2.75) is 13.8 Å². The quantitative estimate of drug-likeness (QED) is 0.724. The summed E-state index contributed by atoms with van der Waals surface area (Å²) >= 11 is 0. The number of hydrogen-bond donors (Lipinski definition) is 0. The fraction of sp³-hybridized carbons (Fsp3) is 0.263. The van der Waals surface area contributed by atoms with Crippen LogP contribution in [0.15, 0.2) is 24.3 Å². The third-order valence-corrected chi connectivity index (χ3v) is 4.42. The van der Waals surface area contributed by atoms with Crippen LogP contribution >= 0.6 is 0 Å². The van der Waals surface area contributed by atoms with Crippen LogP contribution in [0.1, 0.15) is 22.5 Å². The molecular weight excluding hydrogens is 302 g/mol. The number of hydrogen-bond acceptors (Lipinski definition) is 4. The number of methoxy groups -OCH3 is 1. The topological polar surface area (TPSA) is 49.2 Å². The minimum atomic E-state index is 0.508. The van der Waals surface area contributed by atoms with Gasteiger partial charge < -0.3 is 9.47 Å². The molecule has 122 valence electrons. The molecule has 1 aliphatic heterocycles. The Kier molecular flexibility index (Phi) is 3.30. The lowest BCUT2D eigenvalue weighted by Gasteiger charge is -2.18. The number of aromatic nitrogens is 3. The molecule has 0 bridgehead atoms. The number of benzene rings is 1. The molecule has 0 N–H and O–H groups in total. The zero-order chi connectivity index (χ0) is 16.8. The highest BCUT2D eigenvalue weighted by molar-refractivity contribution is 5.89. The Bertz CT molecular complexity index is 986. The van der Waals surface area contributed by atoms with Gasteiger partial charge in [0, 0.05) is 23.6 Å². The number of fused-ring (bicyclic) bond motifs is 2. The lowest BCUT2D eigenvalue weighted by Crippen LogP contribution is -2.08. The van der Waals surface area contributed by atoms with Crippen LogP contribution in [-0.2, 0) is 7.05 Å². The van der Waals surface area contributed by atoms with Gasteiger partial charge in [0.1, 0.15) is 18.1 Å². The third kappa shape index (κ3) is 2.24. The first-order chi connectivity index (χ1) is 11.6. The summed E-state index contributed by atoms with van der Waals surface area (Å²) in [5.74, 6) is 1.69. The van der Waals surface area contributed by atoms with Gasteiger partial charge in [0.05, 0.1) is 18.5 Å². The molecule has 1 aromatic carbocycles. The van der Waals surface area contributed by atoms with E-state index in [0.717, 1.165) is 45.1 Å². The normalized spacial score (nSPS) is 13.4. The zero-order valence-electron chi connectivity index (χ0n) is 14.3. The van der Waals surface area contributed by atoms with E-state index < -0.39 is 0 Å². The summed E-state index contributed by atoms with van der Waals surface area (Å²) in [5.41, 5.74) is 6.08. The molecule has 24 heavy (non-hydrogen) atoms. The summed E-state index contributed by atoms with van der Waals surface area (Å²) in [6, 6.07) is 7.93. The van der Waals surface area contributed by atoms with Crippen LogP contribution < -0.4 is 9.47 Å². The molecule has 0 saturated carbocycles. The van der Waals surface area contributed by atoms with E-state index in [9.17, 15) is 0 Å². The van der Waals surface area contributed by atoms with Crippen molar-refractivity contribution >= 4 is 22.7 Å². The first-order valence-electron chi connectivity index (χ1n) is 7.89. The lowest BCUT2D eigenvalue weighted by atomic mass is 10.0. The van der Waals surface area contributed by atoms with Crippen LogP contribution in [0.2, 0.25) is 0 Å². The van der Waals surface area contributed by atoms with E-state index >= 15 is 0 Å². The molecule has 3 heterocycles. The van der Waals surface area contributed by atoms with Crippen molar-refractivity contribution in [3.05, 3.63) is 46.8 Å². The van der Waals surface area contributed by atoms with Crippen molar-refractivity contribution in [2.75, 3.05) is 13.7 Å². The van der Waals surface area contributed by atoms with Crippen LogP contribution in [0.5, 0.6) is 11.5 Å². The van der Waals surface area contributed by atoms with Gasteiger partial charge in [0.15, 0.2) is 5.65 Å². The highest BCUT2D eigenvalue weighted by Crippen LogP contribution is 2.33. The van der Waals surface area contributed by atoms with Gasteiger partial charge in [0.25, 0.3) is 0 Å². The SMILES string of the molecule is COc1ccc2c(c1)C=C(c1cc(C)c3c(C)nn(C)c3n1)CO2. The van der Waals surface area contributed by atoms with Crippen molar-refractivity contribution in [1.29, 1.82) is 0 Å². The highest BCUT2D eigenvalue weighted by atomic mass is 16.5. The maximum Gasteiger partial charge on any atom is 0.158 e. The van der Waals surface area contributed by atoms with Gasteiger partial charge >= 0.3 is 0 Å². The Balaban J connectivity index is 1.85. The van der Waals surface area contributed by atoms with Crippen LogP contribution in [0.3, 0.4) is 0 Å². The van der Waals surface area contributed by atoms with Crippen LogP contribution in [0.4, 0.5) is 0 Å². The monoisotopic (exact) mass is 321 g/mol. The Labute approximate surface area is 140 Å². The summed E-state index contributed by atoms with van der Waals surface area (Å²) < 4.78 is 13.0. The maximum atomic E-state index is 5.89. The summed E-state index contributed by atoms with van der Waals surface area (Å²) in [6.45, 7) is 4.62. The van der Waals surface area contributed by atoms with Gasteiger partial charge in [-0.1, -0.05) is 0 Å². The number of aryl methyl sites for hydroxylation is 3. The zero-order valence-corrected chi connectivity index (χ0v) is 14.3. The van der Waals surface area contributed by atoms with Crippen molar-refractivity contribution in [3.63, 3.8) is 0 Å². The fourth-order valence-electron chi connectivity index (χ4n) is 3.25. The molecule has 0 fully saturated rings. The van der Waals surface area contributed by atoms with Gasteiger partial charge in [-0.25, -0.2) is 4.98 Å². The van der Waals surface area contributed by atoms with Crippen molar-refractivity contribution in [3.8, 4) is 11.5 Å². The van der Waals surface area contributed by atoms with E-state index in [1.54, 1.807) is 7.11 Å². The first kappa shape index (κ1) is 14.8. The minimum absolute atomic E-state index is 0.508. The molecule has 0 aliphatic carbocycles. The fourth-order valence-corrected chi connectivity index (χ4v) is 3.25. The molecule has 5 heteroatoms. The molecular formula is C19H19N3O2. The Morgan fingerprint density at radius 3 is 2.83 bits per heavy atom. The Morgan fingerprint density at radius 2 is 2.04 bits per heavy atom. The van der Waals surface area contributed by atoms with Crippen LogP contribution in [-0.4, -0.2) is 28.5 Å². The molecule has 0 radical (unpaired) electrons. The van der Waals surface area contributed by atoms with Gasteiger partial charge in [0.2, 0.25) is 0 Å². The summed E-state index contributed by atoms with van der Waals surface area (Å²) in [7, 11) is 3.59. The van der Waals surface area contributed by atoms with E-state index in [0.29, 0.717) is 6.61 Å². The average molecular weight is 321 g/mol. The van der Waals surface area contributed by atoms with Gasteiger partial charge in [-0.2, -0.15) is 5.10 Å². The lowest BCUT2D eigenvalue weighted by molar-refractivity contribution is 0.363. The summed E-state index contributed by atoms with van der Waals surface area (Å²) in [5, 5.41) is 5.61. The van der Waals surface area contributed by atoms with Gasteiger partial charge in [-0.3, -0.25) is 4.68 Å². The number of nitrogens with zero attached hydrogens (tertiary/aromatic N) is 3. The molecule has 0 saturated heterocycles. The maximum absolute atomic E-state index is 5.89. The molecule has 2 aromatic heterocycles. The van der Waals surface area contributed by atoms with Crippen molar-refractivity contribution in [1.82, 2.24) is 14.8 Å². The summed E-state index contributed by atoms with van der Waals surface area (Å²) in [6.07, 6.45) is 2.12. The largest absolute Gasteiger partial charge is 0.497 e. The Hall–Kier alpha value is -2.82. The van der Waals surface area contributed by atoms with E-state index in [4.69, 9.17) is 14.5 Å². The van der Waals surface area contributed by atoms with Gasteiger partial charge in [-0.05, 0) is 49.8 Å². The molecule has 0 unspecified atom stereocenters. The molecule has 3 aromatic rings. The molecule has 0 spiro atoms. The average Bonchev–Trinajstić information content (AvgIpc) is 2.88. The van der Waals surface area contributed by atoms with Gasteiger partial charge in [-0.15, -0.1) is 0 Å². The number of rotatable bonds is 2. The molecule has 4 rings (SSSR count). The molecule has 0 atom stereocenters. The minimum Gasteiger partial charge on any atom is -0.497 e. The van der Waals surface area contributed by atoms with E-state index in [1.165, 1.54) is 5.56 Å². The van der Waals surface area contributed by atoms with E-state index in [2.05, 4.69) is 24.2 Å². The second kappa shape index (κ2) is 5.37. The molecule has 0 amide bonds. The van der Waals surface area contributed by atoms with Crippen molar-refractivity contribution in [2.24, 2.45) is 7.05 Å². The van der Waals surface area contributed by atoms with E-state index in [-0.39, 0.29) is 0 Å². The highest BCUT2D eigenvalue weighted by Gasteiger charge is 2.17. The second-order valence-corrected chi connectivity index (χ2v) is 6.09. The smallest absolute Gasteiger partial charge is 0.158 e. The predicted molar refractivity (Wildman–Crippen MR) is 94.3 cm³/mol. The van der Waals surface area contributed by atoms with Crippen LogP contribution in [0, 0.1) is 13.8 Å². The van der Waals surface area contributed by atoms with E-state index in [1.807, 2.05) is 36.9 Å². The van der Waals surface area contributed by atoms with Crippen LogP contribution in [0.25, 0.3) is 22.7 Å². The van der Waals surface area contributed by atoms with Crippen molar-refractivity contribution < 1.29 is 9.47 Å². The predicted octanol–water partition coefficient (Wildman–Crippen LogP) is 3.53. The number of pyridine rings is 1. The standard InChI is InChI=1S/C19H19N3O2/c1-11-7-16(20-19-18(11)12(2)21-22(19)3)14-8-13-9-15(23-4)5-6-17(13)24-10-14/h5-9H,10H2,1-4H3. The molecule has 5 nitrogen and oxygen atoms in total. The number of ether oxygens (including phenoxy) is 2. The molecule has 1 aliphatic rings. The second-order valence-electron chi connectivity index (χ2n) is 6.09. The first-order valence-corrected chi connectivity index (χ1v) is 7.89. The summed E-state index contributed by atoms with van der Waals surface area (Å²) in [4.78, 5) is 4.82. The third-order valence-electron chi connectivity index (χ3n) is 4.42.